The molecule has 0 aliphatic rings. The summed E-state index contributed by atoms with van der Waals surface area (Å²) >= 11 is 0. The van der Waals surface area contributed by atoms with E-state index in [0.29, 0.717) is 6.61 Å². The molecule has 15 heavy (non-hydrogen) atoms. The summed E-state index contributed by atoms with van der Waals surface area (Å²) < 4.78 is 5.30. The lowest BCUT2D eigenvalue weighted by Gasteiger charge is -2.16. The van der Waals surface area contributed by atoms with Gasteiger partial charge in [0.05, 0.1) is 0 Å². The number of nitrogens with two attached hydrogens (primary N) is 1. The molecule has 0 saturated heterocycles. The first kappa shape index (κ1) is 12.1. The Labute approximate surface area is 90.8 Å². The zero-order valence-corrected chi connectivity index (χ0v) is 9.36. The van der Waals surface area contributed by atoms with Gasteiger partial charge in [-0.1, -0.05) is 6.07 Å². The van der Waals surface area contributed by atoms with Crippen molar-refractivity contribution in [1.82, 2.24) is 10.4 Å². The Morgan fingerprint density at radius 2 is 2.33 bits per heavy atom. The fourth-order valence-electron chi connectivity index (χ4n) is 1.46. The number of nitrogens with zero attached hydrogens (tertiary/aromatic N) is 1. The Morgan fingerprint density at radius 3 is 2.93 bits per heavy atom. The molecule has 0 radical (unpaired) electrons. The summed E-state index contributed by atoms with van der Waals surface area (Å²) in [5.74, 6) is 5.50. The quantitative estimate of drug-likeness (QED) is 0.421. The lowest BCUT2D eigenvalue weighted by Crippen LogP contribution is -2.29. The van der Waals surface area contributed by atoms with Gasteiger partial charge < -0.3 is 4.74 Å². The van der Waals surface area contributed by atoms with Crippen LogP contribution in [-0.2, 0) is 4.74 Å². The van der Waals surface area contributed by atoms with E-state index in [4.69, 9.17) is 10.6 Å². The maximum absolute atomic E-state index is 5.50. The van der Waals surface area contributed by atoms with Crippen molar-refractivity contribution in [3.63, 3.8) is 0 Å². The van der Waals surface area contributed by atoms with Crippen molar-refractivity contribution in [3.8, 4) is 0 Å². The van der Waals surface area contributed by atoms with Crippen molar-refractivity contribution in [3.05, 3.63) is 29.6 Å². The lowest BCUT2D eigenvalue weighted by molar-refractivity contribution is 0.136. The summed E-state index contributed by atoms with van der Waals surface area (Å²) in [6.45, 7) is 5.45. The first-order chi connectivity index (χ1) is 7.27. The number of nitrogens with one attached hydrogen (secondary N) is 1. The standard InChI is InChI=1S/C11H19N3O/c1-3-15-5-4-11(14-12)10-6-9(2)7-13-8-10/h6-8,11,14H,3-5,12H2,1-2H3. The summed E-state index contributed by atoms with van der Waals surface area (Å²) in [6.07, 6.45) is 4.53. The molecule has 0 spiro atoms. The lowest BCUT2D eigenvalue weighted by atomic mass is 10.1. The van der Waals surface area contributed by atoms with E-state index in [1.165, 1.54) is 0 Å². The maximum Gasteiger partial charge on any atom is 0.0497 e. The Morgan fingerprint density at radius 1 is 1.53 bits per heavy atom. The number of ether oxygens (including phenoxy) is 1. The van der Waals surface area contributed by atoms with Gasteiger partial charge in [0.2, 0.25) is 0 Å². The molecule has 0 bridgehead atoms. The molecular weight excluding hydrogens is 190 g/mol. The minimum Gasteiger partial charge on any atom is -0.382 e. The SMILES string of the molecule is CCOCCC(NN)c1cncc(C)c1. The van der Waals surface area contributed by atoms with Crippen molar-refractivity contribution in [2.75, 3.05) is 13.2 Å². The van der Waals surface area contributed by atoms with E-state index in [1.807, 2.05) is 26.2 Å². The van der Waals surface area contributed by atoms with Crippen molar-refractivity contribution in [2.24, 2.45) is 5.84 Å². The topological polar surface area (TPSA) is 60.2 Å². The number of hydrogen-bond donors (Lipinski definition) is 2. The summed E-state index contributed by atoms with van der Waals surface area (Å²) in [5, 5.41) is 0. The maximum atomic E-state index is 5.50. The summed E-state index contributed by atoms with van der Waals surface area (Å²) in [7, 11) is 0. The molecule has 4 heteroatoms. The second-order valence-corrected chi connectivity index (χ2v) is 3.50. The van der Waals surface area contributed by atoms with E-state index in [0.717, 1.165) is 24.2 Å². The average molecular weight is 209 g/mol. The predicted octanol–water partition coefficient (Wildman–Crippen LogP) is 1.32. The number of aryl methyl sites for hydroxylation is 1. The van der Waals surface area contributed by atoms with Crippen LogP contribution >= 0.6 is 0 Å². The third kappa shape index (κ3) is 3.95. The number of rotatable bonds is 6. The first-order valence-electron chi connectivity index (χ1n) is 5.23. The number of hydrogen-bond acceptors (Lipinski definition) is 4. The van der Waals surface area contributed by atoms with Crippen LogP contribution in [-0.4, -0.2) is 18.2 Å². The Hall–Kier alpha value is -0.970. The minimum absolute atomic E-state index is 0.115. The number of aromatic nitrogens is 1. The van der Waals surface area contributed by atoms with E-state index in [1.54, 1.807) is 0 Å². The van der Waals surface area contributed by atoms with Crippen LogP contribution in [0.1, 0.15) is 30.5 Å². The van der Waals surface area contributed by atoms with Gasteiger partial charge in [0.15, 0.2) is 0 Å². The van der Waals surface area contributed by atoms with Crippen LogP contribution in [0.25, 0.3) is 0 Å². The fourth-order valence-corrected chi connectivity index (χ4v) is 1.46. The normalized spacial score (nSPS) is 12.7. The van der Waals surface area contributed by atoms with Crippen molar-refractivity contribution < 1.29 is 4.74 Å². The van der Waals surface area contributed by atoms with Crippen molar-refractivity contribution in [1.29, 1.82) is 0 Å². The summed E-state index contributed by atoms with van der Waals surface area (Å²) in [6, 6.07) is 2.20. The number of hydrazine groups is 1. The molecule has 0 aliphatic heterocycles. The van der Waals surface area contributed by atoms with Crippen LogP contribution in [0, 0.1) is 6.92 Å². The van der Waals surface area contributed by atoms with Gasteiger partial charge >= 0.3 is 0 Å². The molecule has 1 aromatic heterocycles. The zero-order chi connectivity index (χ0) is 11.1. The van der Waals surface area contributed by atoms with Gasteiger partial charge in [-0.05, 0) is 31.4 Å². The van der Waals surface area contributed by atoms with E-state index < -0.39 is 0 Å². The highest BCUT2D eigenvalue weighted by molar-refractivity contribution is 5.19. The second kappa shape index (κ2) is 6.50. The Kier molecular flexibility index (Phi) is 5.25. The number of pyridine rings is 1. The van der Waals surface area contributed by atoms with Gasteiger partial charge in [-0.2, -0.15) is 0 Å². The van der Waals surface area contributed by atoms with Crippen molar-refractivity contribution >= 4 is 0 Å². The van der Waals surface area contributed by atoms with Gasteiger partial charge in [0, 0.05) is 31.6 Å². The molecule has 0 saturated carbocycles. The summed E-state index contributed by atoms with van der Waals surface area (Å²) in [4.78, 5) is 4.14. The van der Waals surface area contributed by atoms with Crippen molar-refractivity contribution in [2.45, 2.75) is 26.3 Å². The minimum atomic E-state index is 0.115. The third-order valence-corrected chi connectivity index (χ3v) is 2.25. The van der Waals surface area contributed by atoms with Gasteiger partial charge in [0.1, 0.15) is 0 Å². The van der Waals surface area contributed by atoms with Crippen LogP contribution in [0.4, 0.5) is 0 Å². The molecule has 1 aromatic rings. The van der Waals surface area contributed by atoms with E-state index in [-0.39, 0.29) is 6.04 Å². The average Bonchev–Trinajstić information content (AvgIpc) is 2.24. The highest BCUT2D eigenvalue weighted by Gasteiger charge is 2.09. The molecule has 4 nitrogen and oxygen atoms in total. The molecule has 1 atom stereocenters. The van der Waals surface area contributed by atoms with Crippen LogP contribution in [0.3, 0.4) is 0 Å². The van der Waals surface area contributed by atoms with E-state index >= 15 is 0 Å². The Bertz CT molecular complexity index is 291. The van der Waals surface area contributed by atoms with Crippen LogP contribution in [0.15, 0.2) is 18.5 Å². The zero-order valence-electron chi connectivity index (χ0n) is 9.36. The molecule has 0 amide bonds. The summed E-state index contributed by atoms with van der Waals surface area (Å²) in [5.41, 5.74) is 5.04. The highest BCUT2D eigenvalue weighted by atomic mass is 16.5. The molecule has 0 aromatic carbocycles. The molecule has 1 rings (SSSR count). The van der Waals surface area contributed by atoms with Gasteiger partial charge in [-0.3, -0.25) is 16.3 Å². The smallest absolute Gasteiger partial charge is 0.0497 e. The monoisotopic (exact) mass is 209 g/mol. The first-order valence-corrected chi connectivity index (χ1v) is 5.23. The largest absolute Gasteiger partial charge is 0.382 e. The van der Waals surface area contributed by atoms with Gasteiger partial charge in [-0.25, -0.2) is 0 Å². The molecule has 0 aliphatic carbocycles. The molecule has 1 unspecified atom stereocenters. The highest BCUT2D eigenvalue weighted by Crippen LogP contribution is 2.15. The van der Waals surface area contributed by atoms with Crippen LogP contribution in [0.2, 0.25) is 0 Å². The van der Waals surface area contributed by atoms with Gasteiger partial charge in [-0.15, -0.1) is 0 Å². The molecule has 0 fully saturated rings. The Balaban J connectivity index is 2.57. The second-order valence-electron chi connectivity index (χ2n) is 3.50. The van der Waals surface area contributed by atoms with E-state index in [2.05, 4.69) is 16.5 Å². The van der Waals surface area contributed by atoms with Crippen LogP contribution < -0.4 is 11.3 Å². The third-order valence-electron chi connectivity index (χ3n) is 2.25. The van der Waals surface area contributed by atoms with Gasteiger partial charge in [0.25, 0.3) is 0 Å². The fraction of sp³-hybridized carbons (Fsp3) is 0.545. The molecule has 1 heterocycles. The molecule has 84 valence electrons. The van der Waals surface area contributed by atoms with E-state index in [9.17, 15) is 0 Å². The van der Waals surface area contributed by atoms with Crippen LogP contribution in [0.5, 0.6) is 0 Å². The molecule has 3 N–H and O–H groups in total. The predicted molar refractivity (Wildman–Crippen MR) is 60.1 cm³/mol. The molecular formula is C11H19N3O.